The number of hydrogen-bond acceptors (Lipinski definition) is 3. The number of hydrogen-bond donors (Lipinski definition) is 1. The Morgan fingerprint density at radius 1 is 1.12 bits per heavy atom. The molecule has 1 unspecified atom stereocenters. The van der Waals surface area contributed by atoms with Crippen LogP contribution in [0.15, 0.2) is 36.7 Å². The Bertz CT molecular complexity index is 502. The van der Waals surface area contributed by atoms with Gasteiger partial charge < -0.3 is 5.32 Å². The van der Waals surface area contributed by atoms with E-state index in [4.69, 9.17) is 0 Å². The molecule has 0 spiro atoms. The summed E-state index contributed by atoms with van der Waals surface area (Å²) >= 11 is 0. The van der Waals surface area contributed by atoms with Crippen LogP contribution in [0.5, 0.6) is 0 Å². The van der Waals surface area contributed by atoms with Gasteiger partial charge in [0.2, 0.25) is 0 Å². The number of halogens is 2. The minimum atomic E-state index is -0.876. The third-order valence-electron chi connectivity index (χ3n) is 2.41. The molecule has 17 heavy (non-hydrogen) atoms. The minimum Gasteiger partial charge on any atom is -0.307 e. The largest absolute Gasteiger partial charge is 0.307 e. The molecule has 88 valence electrons. The second kappa shape index (κ2) is 4.97. The highest BCUT2D eigenvalue weighted by Crippen LogP contribution is 2.20. The average molecular weight is 235 g/mol. The van der Waals surface area contributed by atoms with Crippen LogP contribution in [0.25, 0.3) is 0 Å². The van der Waals surface area contributed by atoms with Crippen molar-refractivity contribution in [2.24, 2.45) is 0 Å². The normalized spacial score (nSPS) is 12.4. The van der Waals surface area contributed by atoms with E-state index < -0.39 is 11.6 Å². The van der Waals surface area contributed by atoms with Crippen molar-refractivity contribution in [3.63, 3.8) is 0 Å². The molecule has 2 rings (SSSR count). The number of aromatic nitrogens is 2. The van der Waals surface area contributed by atoms with Gasteiger partial charge in [-0.2, -0.15) is 0 Å². The SMILES string of the molecule is CNC(c1ccc(F)c(F)c1)c1ncccn1. The lowest BCUT2D eigenvalue weighted by molar-refractivity contribution is 0.504. The van der Waals surface area contributed by atoms with E-state index in [1.165, 1.54) is 6.07 Å². The summed E-state index contributed by atoms with van der Waals surface area (Å²) in [6.45, 7) is 0. The molecule has 0 aliphatic carbocycles. The van der Waals surface area contributed by atoms with Gasteiger partial charge in [-0.25, -0.2) is 18.7 Å². The lowest BCUT2D eigenvalue weighted by Crippen LogP contribution is -2.20. The van der Waals surface area contributed by atoms with Crippen LogP contribution in [0.3, 0.4) is 0 Å². The fourth-order valence-electron chi connectivity index (χ4n) is 1.60. The molecule has 0 radical (unpaired) electrons. The maximum Gasteiger partial charge on any atom is 0.159 e. The van der Waals surface area contributed by atoms with Gasteiger partial charge in [0.15, 0.2) is 11.6 Å². The van der Waals surface area contributed by atoms with Gasteiger partial charge in [0, 0.05) is 12.4 Å². The van der Waals surface area contributed by atoms with E-state index in [9.17, 15) is 8.78 Å². The first-order valence-corrected chi connectivity index (χ1v) is 5.11. The highest BCUT2D eigenvalue weighted by atomic mass is 19.2. The Labute approximate surface area is 97.5 Å². The average Bonchev–Trinajstić information content (AvgIpc) is 2.36. The van der Waals surface area contributed by atoms with E-state index in [0.717, 1.165) is 12.1 Å². The molecular formula is C12H11F2N3. The predicted molar refractivity (Wildman–Crippen MR) is 59.3 cm³/mol. The van der Waals surface area contributed by atoms with Crippen LogP contribution in [0.2, 0.25) is 0 Å². The van der Waals surface area contributed by atoms with Crippen molar-refractivity contribution in [2.45, 2.75) is 6.04 Å². The van der Waals surface area contributed by atoms with Gasteiger partial charge in [0.1, 0.15) is 5.82 Å². The number of rotatable bonds is 3. The molecule has 2 aromatic rings. The van der Waals surface area contributed by atoms with Gasteiger partial charge in [-0.05, 0) is 30.8 Å². The highest BCUT2D eigenvalue weighted by molar-refractivity contribution is 5.26. The molecule has 5 heteroatoms. The van der Waals surface area contributed by atoms with Crippen molar-refractivity contribution in [1.82, 2.24) is 15.3 Å². The van der Waals surface area contributed by atoms with E-state index >= 15 is 0 Å². The summed E-state index contributed by atoms with van der Waals surface area (Å²) in [6, 6.07) is 5.09. The summed E-state index contributed by atoms with van der Waals surface area (Å²) in [5, 5.41) is 2.97. The summed E-state index contributed by atoms with van der Waals surface area (Å²) in [6.07, 6.45) is 3.21. The molecule has 1 heterocycles. The first-order chi connectivity index (χ1) is 8.22. The zero-order chi connectivity index (χ0) is 12.3. The van der Waals surface area contributed by atoms with E-state index in [1.807, 2.05) is 0 Å². The molecule has 0 saturated carbocycles. The lowest BCUT2D eigenvalue weighted by atomic mass is 10.1. The van der Waals surface area contributed by atoms with Crippen LogP contribution < -0.4 is 5.32 Å². The summed E-state index contributed by atoms with van der Waals surface area (Å²) in [5.41, 5.74) is 0.581. The van der Waals surface area contributed by atoms with Crippen LogP contribution in [0.4, 0.5) is 8.78 Å². The Morgan fingerprint density at radius 2 is 1.82 bits per heavy atom. The predicted octanol–water partition coefficient (Wildman–Crippen LogP) is 2.06. The summed E-state index contributed by atoms with van der Waals surface area (Å²) < 4.78 is 26.0. The van der Waals surface area contributed by atoms with Crippen LogP contribution in [0.1, 0.15) is 17.4 Å². The Kier molecular flexibility index (Phi) is 3.39. The van der Waals surface area contributed by atoms with Crippen LogP contribution in [-0.2, 0) is 0 Å². The summed E-state index contributed by atoms with van der Waals surface area (Å²) in [5.74, 6) is -1.22. The zero-order valence-corrected chi connectivity index (χ0v) is 9.19. The topological polar surface area (TPSA) is 37.8 Å². The van der Waals surface area contributed by atoms with Crippen LogP contribution in [0, 0.1) is 11.6 Å². The van der Waals surface area contributed by atoms with Gasteiger partial charge in [-0.15, -0.1) is 0 Å². The van der Waals surface area contributed by atoms with Gasteiger partial charge in [0.25, 0.3) is 0 Å². The van der Waals surface area contributed by atoms with Crippen molar-refractivity contribution in [2.75, 3.05) is 7.05 Å². The van der Waals surface area contributed by atoms with Crippen molar-refractivity contribution in [3.8, 4) is 0 Å². The van der Waals surface area contributed by atoms with Crippen molar-refractivity contribution < 1.29 is 8.78 Å². The molecule has 1 aromatic heterocycles. The molecule has 1 aromatic carbocycles. The second-order valence-electron chi connectivity index (χ2n) is 3.50. The quantitative estimate of drug-likeness (QED) is 0.884. The zero-order valence-electron chi connectivity index (χ0n) is 9.19. The Morgan fingerprint density at radius 3 is 2.41 bits per heavy atom. The summed E-state index contributed by atoms with van der Waals surface area (Å²) in [7, 11) is 1.71. The Balaban J connectivity index is 2.39. The standard InChI is InChI=1S/C12H11F2N3/c1-15-11(12-16-5-2-6-17-12)8-3-4-9(13)10(14)7-8/h2-7,11,15H,1H3. The first kappa shape index (κ1) is 11.6. The van der Waals surface area contributed by atoms with E-state index in [2.05, 4.69) is 15.3 Å². The molecule has 0 aliphatic heterocycles. The number of nitrogens with one attached hydrogen (secondary N) is 1. The molecule has 3 nitrogen and oxygen atoms in total. The van der Waals surface area contributed by atoms with Crippen molar-refractivity contribution >= 4 is 0 Å². The highest BCUT2D eigenvalue weighted by Gasteiger charge is 2.16. The lowest BCUT2D eigenvalue weighted by Gasteiger charge is -2.14. The molecule has 1 N–H and O–H groups in total. The fraction of sp³-hybridized carbons (Fsp3) is 0.167. The van der Waals surface area contributed by atoms with Gasteiger partial charge in [-0.1, -0.05) is 6.07 Å². The number of benzene rings is 1. The third-order valence-corrected chi connectivity index (χ3v) is 2.41. The smallest absolute Gasteiger partial charge is 0.159 e. The van der Waals surface area contributed by atoms with E-state index in [0.29, 0.717) is 11.4 Å². The van der Waals surface area contributed by atoms with Crippen molar-refractivity contribution in [3.05, 3.63) is 59.7 Å². The molecule has 1 atom stereocenters. The molecule has 0 bridgehead atoms. The van der Waals surface area contributed by atoms with E-state index in [-0.39, 0.29) is 6.04 Å². The minimum absolute atomic E-state index is 0.355. The maximum absolute atomic E-state index is 13.1. The molecule has 0 fully saturated rings. The Hall–Kier alpha value is -1.88. The summed E-state index contributed by atoms with van der Waals surface area (Å²) in [4.78, 5) is 8.18. The molecule has 0 amide bonds. The number of nitrogens with zero attached hydrogens (tertiary/aromatic N) is 2. The van der Waals surface area contributed by atoms with Crippen LogP contribution >= 0.6 is 0 Å². The van der Waals surface area contributed by atoms with Crippen molar-refractivity contribution in [1.29, 1.82) is 0 Å². The van der Waals surface area contributed by atoms with Gasteiger partial charge >= 0.3 is 0 Å². The first-order valence-electron chi connectivity index (χ1n) is 5.11. The molecule has 0 aliphatic rings. The molecular weight excluding hydrogens is 224 g/mol. The van der Waals surface area contributed by atoms with E-state index in [1.54, 1.807) is 25.5 Å². The van der Waals surface area contributed by atoms with Crippen LogP contribution in [-0.4, -0.2) is 17.0 Å². The second-order valence-corrected chi connectivity index (χ2v) is 3.50. The monoisotopic (exact) mass is 235 g/mol. The molecule has 0 saturated heterocycles. The maximum atomic E-state index is 13.1. The third kappa shape index (κ3) is 2.45. The van der Waals surface area contributed by atoms with Gasteiger partial charge in [0.05, 0.1) is 6.04 Å². The van der Waals surface area contributed by atoms with Gasteiger partial charge in [-0.3, -0.25) is 0 Å². The fourth-order valence-corrected chi connectivity index (χ4v) is 1.60.